The van der Waals surface area contributed by atoms with Crippen LogP contribution in [0.15, 0.2) is 11.0 Å². The van der Waals surface area contributed by atoms with E-state index < -0.39 is 10.0 Å². The van der Waals surface area contributed by atoms with Crippen molar-refractivity contribution in [3.05, 3.63) is 21.7 Å². The van der Waals surface area contributed by atoms with Gasteiger partial charge in [-0.1, -0.05) is 44.0 Å². The smallest absolute Gasteiger partial charge is 0.238 e. The number of sulfonamides is 1. The van der Waals surface area contributed by atoms with E-state index in [0.717, 1.165) is 0 Å². The Morgan fingerprint density at radius 3 is 2.24 bits per heavy atom. The fourth-order valence-corrected chi connectivity index (χ4v) is 3.13. The Labute approximate surface area is 134 Å². The number of hydrogen-bond acceptors (Lipinski definition) is 3. The van der Waals surface area contributed by atoms with E-state index in [0.29, 0.717) is 0 Å². The number of primary sulfonamides is 1. The molecule has 3 N–H and O–H groups in total. The van der Waals surface area contributed by atoms with Crippen molar-refractivity contribution in [3.8, 4) is 0 Å². The third-order valence-electron chi connectivity index (χ3n) is 3.38. The van der Waals surface area contributed by atoms with E-state index in [2.05, 4.69) is 5.32 Å². The second-order valence-electron chi connectivity index (χ2n) is 5.24. The number of amides is 1. The Kier molecular flexibility index (Phi) is 5.66. The average Bonchev–Trinajstić information content (AvgIpc) is 2.36. The van der Waals surface area contributed by atoms with Gasteiger partial charge >= 0.3 is 0 Å². The molecule has 0 saturated heterocycles. The second-order valence-corrected chi connectivity index (χ2v) is 7.55. The van der Waals surface area contributed by atoms with Crippen molar-refractivity contribution in [1.29, 1.82) is 0 Å². The molecule has 0 aliphatic rings. The van der Waals surface area contributed by atoms with Crippen molar-refractivity contribution in [2.45, 2.75) is 32.6 Å². The highest BCUT2D eigenvalue weighted by Gasteiger charge is 2.23. The molecule has 1 rings (SSSR count). The van der Waals surface area contributed by atoms with Crippen LogP contribution >= 0.6 is 23.2 Å². The number of rotatable bonds is 4. The summed E-state index contributed by atoms with van der Waals surface area (Å²) in [6.07, 6.45) is 0. The first-order valence-electron chi connectivity index (χ1n) is 6.29. The van der Waals surface area contributed by atoms with E-state index in [1.807, 2.05) is 13.8 Å². The molecule has 0 aliphatic heterocycles. The number of nitrogens with two attached hydrogens (primary N) is 1. The third-order valence-corrected chi connectivity index (χ3v) is 5.19. The van der Waals surface area contributed by atoms with Crippen LogP contribution < -0.4 is 10.5 Å². The first kappa shape index (κ1) is 18.2. The van der Waals surface area contributed by atoms with Gasteiger partial charge in [0.05, 0.1) is 20.6 Å². The maximum Gasteiger partial charge on any atom is 0.238 e. The highest BCUT2D eigenvalue weighted by molar-refractivity contribution is 7.89. The van der Waals surface area contributed by atoms with Gasteiger partial charge in [-0.25, -0.2) is 13.6 Å². The molecule has 0 saturated carbocycles. The zero-order valence-corrected chi connectivity index (χ0v) is 14.5. The fraction of sp³-hybridized carbons (Fsp3) is 0.462. The molecule has 5 nitrogen and oxygen atoms in total. The zero-order valence-electron chi connectivity index (χ0n) is 12.2. The predicted molar refractivity (Wildman–Crippen MR) is 85.2 cm³/mol. The lowest BCUT2D eigenvalue weighted by atomic mass is 9.97. The molecule has 0 fully saturated rings. The van der Waals surface area contributed by atoms with Crippen molar-refractivity contribution in [1.82, 2.24) is 0 Å². The molecular weight excluding hydrogens is 335 g/mol. The normalized spacial score (nSPS) is 13.3. The van der Waals surface area contributed by atoms with Gasteiger partial charge in [-0.15, -0.1) is 0 Å². The third kappa shape index (κ3) is 4.10. The van der Waals surface area contributed by atoms with Gasteiger partial charge in [0.1, 0.15) is 0 Å². The molecule has 1 atom stereocenters. The van der Waals surface area contributed by atoms with Crippen LogP contribution in [-0.2, 0) is 14.8 Å². The molecule has 1 aromatic rings. The number of carbonyl (C=O) groups excluding carboxylic acids is 1. The van der Waals surface area contributed by atoms with Gasteiger partial charge < -0.3 is 5.32 Å². The van der Waals surface area contributed by atoms with Gasteiger partial charge in [0, 0.05) is 5.92 Å². The van der Waals surface area contributed by atoms with Gasteiger partial charge in [-0.3, -0.25) is 4.79 Å². The maximum absolute atomic E-state index is 12.1. The summed E-state index contributed by atoms with van der Waals surface area (Å²) in [6.45, 7) is 7.12. The summed E-state index contributed by atoms with van der Waals surface area (Å²) < 4.78 is 22.9. The molecule has 1 amide bonds. The first-order valence-corrected chi connectivity index (χ1v) is 8.59. The Balaban J connectivity index is 3.29. The van der Waals surface area contributed by atoms with E-state index in [1.54, 1.807) is 6.92 Å². The molecule has 1 aromatic carbocycles. The molecular formula is C13H18Cl2N2O3S. The van der Waals surface area contributed by atoms with Crippen molar-refractivity contribution in [3.63, 3.8) is 0 Å². The highest BCUT2D eigenvalue weighted by Crippen LogP contribution is 2.37. The largest absolute Gasteiger partial charge is 0.323 e. The molecule has 118 valence electrons. The van der Waals surface area contributed by atoms with E-state index in [4.69, 9.17) is 28.3 Å². The molecule has 1 unspecified atom stereocenters. The van der Waals surface area contributed by atoms with Crippen LogP contribution in [0, 0.1) is 18.8 Å². The number of hydrogen-bond donors (Lipinski definition) is 2. The van der Waals surface area contributed by atoms with Gasteiger partial charge in [0.15, 0.2) is 0 Å². The van der Waals surface area contributed by atoms with E-state index in [-0.39, 0.29) is 43.9 Å². The predicted octanol–water partition coefficient (Wildman–Crippen LogP) is 3.18. The summed E-state index contributed by atoms with van der Waals surface area (Å²) in [5, 5.41) is 7.84. The fourth-order valence-electron chi connectivity index (χ4n) is 1.65. The van der Waals surface area contributed by atoms with Gasteiger partial charge in [-0.2, -0.15) is 0 Å². The first-order chi connectivity index (χ1) is 9.46. The number of halogens is 2. The van der Waals surface area contributed by atoms with Crippen LogP contribution in [0.1, 0.15) is 26.3 Å². The monoisotopic (exact) mass is 352 g/mol. The molecule has 0 radical (unpaired) electrons. The lowest BCUT2D eigenvalue weighted by Gasteiger charge is -2.18. The molecule has 0 bridgehead atoms. The zero-order chi connectivity index (χ0) is 16.5. The summed E-state index contributed by atoms with van der Waals surface area (Å²) in [6, 6.07) is 1.19. The Morgan fingerprint density at radius 1 is 1.29 bits per heavy atom. The molecule has 0 spiro atoms. The van der Waals surface area contributed by atoms with E-state index in [9.17, 15) is 13.2 Å². The summed E-state index contributed by atoms with van der Waals surface area (Å²) >= 11 is 12.1. The summed E-state index contributed by atoms with van der Waals surface area (Å²) in [4.78, 5) is 11.9. The summed E-state index contributed by atoms with van der Waals surface area (Å²) in [5.74, 6) is -0.334. The quantitative estimate of drug-likeness (QED) is 0.871. The molecule has 8 heteroatoms. The molecule has 0 aromatic heterocycles. The van der Waals surface area contributed by atoms with Crippen molar-refractivity contribution < 1.29 is 13.2 Å². The van der Waals surface area contributed by atoms with Gasteiger partial charge in [0.25, 0.3) is 0 Å². The summed E-state index contributed by atoms with van der Waals surface area (Å²) in [7, 11) is -3.94. The van der Waals surface area contributed by atoms with E-state index >= 15 is 0 Å². The number of benzene rings is 1. The second kappa shape index (κ2) is 6.52. The van der Waals surface area contributed by atoms with Crippen LogP contribution in [0.4, 0.5) is 5.69 Å². The lowest BCUT2D eigenvalue weighted by molar-refractivity contribution is -0.120. The lowest BCUT2D eigenvalue weighted by Crippen LogP contribution is -2.25. The SMILES string of the molecule is Cc1c(S(N)(=O)=O)cc(Cl)c(NC(=O)C(C)C(C)C)c1Cl. The Hall–Kier alpha value is -0.820. The average molecular weight is 353 g/mol. The minimum atomic E-state index is -3.94. The van der Waals surface area contributed by atoms with Crippen molar-refractivity contribution >= 4 is 44.8 Å². The maximum atomic E-state index is 12.1. The van der Waals surface area contributed by atoms with Crippen LogP contribution in [0.5, 0.6) is 0 Å². The molecule has 21 heavy (non-hydrogen) atoms. The molecule has 0 aliphatic carbocycles. The Bertz CT molecular complexity index is 672. The van der Waals surface area contributed by atoms with Crippen LogP contribution in [0.25, 0.3) is 0 Å². The minimum Gasteiger partial charge on any atom is -0.323 e. The number of carbonyl (C=O) groups is 1. The van der Waals surface area contributed by atoms with Crippen LogP contribution in [0.3, 0.4) is 0 Å². The molecule has 0 heterocycles. The van der Waals surface area contributed by atoms with Gasteiger partial charge in [0.2, 0.25) is 15.9 Å². The number of nitrogens with one attached hydrogen (secondary N) is 1. The van der Waals surface area contributed by atoms with Crippen molar-refractivity contribution in [2.75, 3.05) is 5.32 Å². The van der Waals surface area contributed by atoms with Crippen LogP contribution in [0.2, 0.25) is 10.0 Å². The minimum absolute atomic E-state index is 0.0268. The standard InChI is InChI=1S/C13H18Cl2N2O3S/c1-6(2)7(3)13(18)17-12-9(14)5-10(21(16,19)20)8(4)11(12)15/h5-7H,1-4H3,(H,17,18)(H2,16,19,20). The van der Waals surface area contributed by atoms with Gasteiger partial charge in [-0.05, 0) is 24.5 Å². The number of anilines is 1. The Morgan fingerprint density at radius 2 is 1.81 bits per heavy atom. The summed E-state index contributed by atoms with van der Waals surface area (Å²) in [5.41, 5.74) is 0.441. The van der Waals surface area contributed by atoms with Crippen LogP contribution in [-0.4, -0.2) is 14.3 Å². The highest BCUT2D eigenvalue weighted by atomic mass is 35.5. The van der Waals surface area contributed by atoms with Crippen molar-refractivity contribution in [2.24, 2.45) is 17.0 Å². The topological polar surface area (TPSA) is 89.3 Å². The van der Waals surface area contributed by atoms with E-state index in [1.165, 1.54) is 13.0 Å².